The van der Waals surface area contributed by atoms with E-state index in [1.807, 2.05) is 26.0 Å². The van der Waals surface area contributed by atoms with Gasteiger partial charge >= 0.3 is 0 Å². The summed E-state index contributed by atoms with van der Waals surface area (Å²) in [5.74, 6) is 0. The second kappa shape index (κ2) is 6.17. The first-order valence-corrected chi connectivity index (χ1v) is 7.37. The number of hydrogen-bond donors (Lipinski definition) is 1. The van der Waals surface area contributed by atoms with E-state index in [-0.39, 0.29) is 0 Å². The van der Waals surface area contributed by atoms with E-state index in [9.17, 15) is 8.42 Å². The summed E-state index contributed by atoms with van der Waals surface area (Å²) in [7, 11) is -1.79. The van der Waals surface area contributed by atoms with Gasteiger partial charge in [0.05, 0.1) is 0 Å². The molecule has 0 aliphatic heterocycles. The van der Waals surface area contributed by atoms with E-state index < -0.39 is 10.2 Å². The first-order valence-electron chi connectivity index (χ1n) is 5.97. The Hall–Kier alpha value is -1.11. The Morgan fingerprint density at radius 3 is 2.06 bits per heavy atom. The zero-order valence-electron chi connectivity index (χ0n) is 11.1. The van der Waals surface area contributed by atoms with Gasteiger partial charge in [0.2, 0.25) is 0 Å². The Morgan fingerprint density at radius 1 is 1.11 bits per heavy atom. The van der Waals surface area contributed by atoms with Gasteiger partial charge in [-0.1, -0.05) is 26.0 Å². The Morgan fingerprint density at radius 2 is 1.61 bits per heavy atom. The van der Waals surface area contributed by atoms with Gasteiger partial charge in [0.25, 0.3) is 10.2 Å². The van der Waals surface area contributed by atoms with Crippen molar-refractivity contribution in [2.75, 3.05) is 25.9 Å². The molecule has 0 radical (unpaired) electrons. The highest BCUT2D eigenvalue weighted by molar-refractivity contribution is 7.86. The van der Waals surface area contributed by atoms with Crippen LogP contribution in [0.1, 0.15) is 19.4 Å². The second-order valence-corrected chi connectivity index (χ2v) is 6.13. The van der Waals surface area contributed by atoms with Gasteiger partial charge in [0.15, 0.2) is 0 Å². The fraction of sp³-hybridized carbons (Fsp3) is 0.500. The first-order chi connectivity index (χ1) is 8.41. The Labute approximate surface area is 109 Å². The molecule has 1 aromatic carbocycles. The minimum Gasteiger partial charge on any atom is -0.399 e. The molecule has 0 heterocycles. The van der Waals surface area contributed by atoms with Crippen LogP contribution in [0.2, 0.25) is 0 Å². The van der Waals surface area contributed by atoms with Crippen LogP contribution >= 0.6 is 0 Å². The molecule has 0 aliphatic carbocycles. The van der Waals surface area contributed by atoms with Crippen molar-refractivity contribution in [3.63, 3.8) is 0 Å². The van der Waals surface area contributed by atoms with E-state index in [2.05, 4.69) is 0 Å². The van der Waals surface area contributed by atoms with Gasteiger partial charge < -0.3 is 5.73 Å². The normalized spacial score (nSPS) is 12.3. The average Bonchev–Trinajstić information content (AvgIpc) is 2.33. The monoisotopic (exact) mass is 271 g/mol. The molecule has 0 unspecified atom stereocenters. The fourth-order valence-electron chi connectivity index (χ4n) is 1.71. The predicted octanol–water partition coefficient (Wildman–Crippen LogP) is 1.29. The first kappa shape index (κ1) is 14.9. The molecule has 6 heteroatoms. The molecule has 0 saturated carbocycles. The number of anilines is 1. The molecule has 1 rings (SSSR count). The molecule has 0 fully saturated rings. The highest BCUT2D eigenvalue weighted by Gasteiger charge is 2.24. The third kappa shape index (κ3) is 3.44. The molecule has 0 saturated heterocycles. The quantitative estimate of drug-likeness (QED) is 0.793. The van der Waals surface area contributed by atoms with Crippen LogP contribution in [0, 0.1) is 0 Å². The molecule has 0 amide bonds. The number of nitrogen functional groups attached to an aromatic ring is 1. The summed E-state index contributed by atoms with van der Waals surface area (Å²) in [6.07, 6.45) is 0. The van der Waals surface area contributed by atoms with Crippen molar-refractivity contribution in [3.05, 3.63) is 29.8 Å². The summed E-state index contributed by atoms with van der Waals surface area (Å²) in [6.45, 7) is 4.96. The van der Waals surface area contributed by atoms with Gasteiger partial charge in [-0.05, 0) is 17.7 Å². The lowest BCUT2D eigenvalue weighted by molar-refractivity contribution is 0.375. The number of rotatable bonds is 6. The summed E-state index contributed by atoms with van der Waals surface area (Å²) in [4.78, 5) is 0. The van der Waals surface area contributed by atoms with Gasteiger partial charge in [-0.3, -0.25) is 0 Å². The largest absolute Gasteiger partial charge is 0.399 e. The van der Waals surface area contributed by atoms with E-state index in [1.54, 1.807) is 19.2 Å². The molecule has 0 atom stereocenters. The van der Waals surface area contributed by atoms with E-state index in [0.717, 1.165) is 5.56 Å². The topological polar surface area (TPSA) is 66.6 Å². The van der Waals surface area contributed by atoms with Crippen LogP contribution in [0.25, 0.3) is 0 Å². The third-order valence-electron chi connectivity index (χ3n) is 2.81. The minimum atomic E-state index is -3.37. The molecular formula is C12H21N3O2S. The maximum Gasteiger partial charge on any atom is 0.282 e. The highest BCUT2D eigenvalue weighted by Crippen LogP contribution is 2.12. The summed E-state index contributed by atoms with van der Waals surface area (Å²) in [5.41, 5.74) is 7.19. The second-order valence-electron chi connectivity index (χ2n) is 4.09. The molecule has 0 bridgehead atoms. The number of benzene rings is 1. The molecule has 5 nitrogen and oxygen atoms in total. The lowest BCUT2D eigenvalue weighted by atomic mass is 10.2. The van der Waals surface area contributed by atoms with Crippen LogP contribution in [0.5, 0.6) is 0 Å². The molecule has 102 valence electrons. The van der Waals surface area contributed by atoms with Crippen molar-refractivity contribution in [2.24, 2.45) is 0 Å². The smallest absolute Gasteiger partial charge is 0.282 e. The fourth-order valence-corrected chi connectivity index (χ4v) is 3.07. The number of nitrogens with two attached hydrogens (primary N) is 1. The van der Waals surface area contributed by atoms with Crippen molar-refractivity contribution in [3.8, 4) is 0 Å². The third-order valence-corrected chi connectivity index (χ3v) is 4.90. The van der Waals surface area contributed by atoms with Gasteiger partial charge in [0, 0.05) is 32.4 Å². The van der Waals surface area contributed by atoms with Gasteiger partial charge in [-0.15, -0.1) is 0 Å². The molecule has 0 spiro atoms. The van der Waals surface area contributed by atoms with E-state index in [1.165, 1.54) is 8.61 Å². The molecule has 0 aliphatic rings. The summed E-state index contributed by atoms with van der Waals surface area (Å²) in [5, 5.41) is 0. The summed E-state index contributed by atoms with van der Waals surface area (Å²) < 4.78 is 27.2. The summed E-state index contributed by atoms with van der Waals surface area (Å²) >= 11 is 0. The van der Waals surface area contributed by atoms with Crippen LogP contribution in [0.15, 0.2) is 24.3 Å². The van der Waals surface area contributed by atoms with Crippen LogP contribution < -0.4 is 5.73 Å². The maximum absolute atomic E-state index is 12.2. The average molecular weight is 271 g/mol. The van der Waals surface area contributed by atoms with Crippen molar-refractivity contribution in [1.82, 2.24) is 8.61 Å². The highest BCUT2D eigenvalue weighted by atomic mass is 32.2. The molecule has 18 heavy (non-hydrogen) atoms. The zero-order valence-corrected chi connectivity index (χ0v) is 11.9. The Bertz CT molecular complexity index is 467. The Balaban J connectivity index is 2.81. The van der Waals surface area contributed by atoms with Gasteiger partial charge in [-0.2, -0.15) is 17.0 Å². The van der Waals surface area contributed by atoms with Crippen molar-refractivity contribution in [1.29, 1.82) is 0 Å². The SMILES string of the molecule is CCN(CC)S(=O)(=O)N(C)Cc1ccc(N)cc1. The minimum absolute atomic E-state index is 0.346. The van der Waals surface area contributed by atoms with Crippen LogP contribution in [0.4, 0.5) is 5.69 Å². The molecular weight excluding hydrogens is 250 g/mol. The van der Waals surface area contributed by atoms with Crippen molar-refractivity contribution in [2.45, 2.75) is 20.4 Å². The van der Waals surface area contributed by atoms with Crippen LogP contribution in [-0.4, -0.2) is 37.2 Å². The molecule has 0 aromatic heterocycles. The van der Waals surface area contributed by atoms with E-state index in [4.69, 9.17) is 5.73 Å². The maximum atomic E-state index is 12.2. The zero-order chi connectivity index (χ0) is 13.8. The molecule has 1 aromatic rings. The van der Waals surface area contributed by atoms with Crippen molar-refractivity contribution < 1.29 is 8.42 Å². The van der Waals surface area contributed by atoms with E-state index in [0.29, 0.717) is 25.3 Å². The van der Waals surface area contributed by atoms with Crippen LogP contribution in [0.3, 0.4) is 0 Å². The van der Waals surface area contributed by atoms with Crippen molar-refractivity contribution >= 4 is 15.9 Å². The van der Waals surface area contributed by atoms with Gasteiger partial charge in [-0.25, -0.2) is 0 Å². The predicted molar refractivity (Wildman–Crippen MR) is 74.2 cm³/mol. The van der Waals surface area contributed by atoms with Gasteiger partial charge in [0.1, 0.15) is 0 Å². The van der Waals surface area contributed by atoms with E-state index >= 15 is 0 Å². The molecule has 2 N–H and O–H groups in total. The lowest BCUT2D eigenvalue weighted by Gasteiger charge is -2.25. The summed E-state index contributed by atoms with van der Waals surface area (Å²) in [6, 6.07) is 7.22. The standard InChI is InChI=1S/C12H21N3O2S/c1-4-15(5-2)18(16,17)14(3)10-11-6-8-12(13)9-7-11/h6-9H,4-5,10,13H2,1-3H3. The number of hydrogen-bond acceptors (Lipinski definition) is 3. The number of nitrogens with zero attached hydrogens (tertiary/aromatic N) is 2. The Kier molecular flexibility index (Phi) is 5.13. The van der Waals surface area contributed by atoms with Crippen LogP contribution in [-0.2, 0) is 16.8 Å². The lowest BCUT2D eigenvalue weighted by Crippen LogP contribution is -2.41.